The normalized spacial score (nSPS) is 23.1. The summed E-state index contributed by atoms with van der Waals surface area (Å²) in [5.41, 5.74) is 0.646. The molecule has 2 rings (SSSR count). The first kappa shape index (κ1) is 16.2. The van der Waals surface area contributed by atoms with Gasteiger partial charge in [0.2, 0.25) is 0 Å². The van der Waals surface area contributed by atoms with Gasteiger partial charge in [0.25, 0.3) is 0 Å². The quantitative estimate of drug-likeness (QED) is 0.877. The largest absolute Gasteiger partial charge is 0.365 e. The first-order valence-corrected chi connectivity index (χ1v) is 8.02. The van der Waals surface area contributed by atoms with E-state index in [4.69, 9.17) is 0 Å². The van der Waals surface area contributed by atoms with Gasteiger partial charge in [-0.25, -0.2) is 9.37 Å². The lowest BCUT2D eigenvalue weighted by atomic mass is 9.86. The minimum atomic E-state index is -0.216. The Hall–Kier alpha value is -1.16. The van der Waals surface area contributed by atoms with Crippen molar-refractivity contribution in [3.63, 3.8) is 0 Å². The summed E-state index contributed by atoms with van der Waals surface area (Å²) in [4.78, 5) is 4.20. The molecular formula is C17H28FN3. The van der Waals surface area contributed by atoms with Crippen LogP contribution in [0.3, 0.4) is 0 Å². The Morgan fingerprint density at radius 2 is 2.00 bits per heavy atom. The molecule has 21 heavy (non-hydrogen) atoms. The summed E-state index contributed by atoms with van der Waals surface area (Å²) in [5.74, 6) is 0.769. The summed E-state index contributed by atoms with van der Waals surface area (Å²) in [5, 5.41) is 6.65. The van der Waals surface area contributed by atoms with Crippen LogP contribution in [0, 0.1) is 11.7 Å². The molecule has 1 fully saturated rings. The van der Waals surface area contributed by atoms with E-state index in [1.807, 2.05) is 0 Å². The fraction of sp³-hybridized carbons (Fsp3) is 0.706. The lowest BCUT2D eigenvalue weighted by Gasteiger charge is -2.30. The summed E-state index contributed by atoms with van der Waals surface area (Å²) in [6, 6.07) is 2.09. The molecule has 2 unspecified atom stereocenters. The third kappa shape index (κ3) is 4.67. The second kappa shape index (κ2) is 6.73. The van der Waals surface area contributed by atoms with Gasteiger partial charge in [-0.15, -0.1) is 0 Å². The van der Waals surface area contributed by atoms with E-state index in [9.17, 15) is 4.39 Å². The van der Waals surface area contributed by atoms with Gasteiger partial charge in [0.05, 0.1) is 0 Å². The van der Waals surface area contributed by atoms with Crippen LogP contribution < -0.4 is 10.6 Å². The highest BCUT2D eigenvalue weighted by molar-refractivity contribution is 5.41. The number of rotatable bonds is 4. The SMILES string of the molecule is CC1CCCCC1Nc1nccc(CNC(C)(C)C)c1F. The molecule has 1 aliphatic carbocycles. The van der Waals surface area contributed by atoms with Gasteiger partial charge in [-0.1, -0.05) is 19.8 Å². The molecule has 2 N–H and O–H groups in total. The summed E-state index contributed by atoms with van der Waals surface area (Å²) < 4.78 is 14.6. The van der Waals surface area contributed by atoms with Gasteiger partial charge in [-0.3, -0.25) is 0 Å². The standard InChI is InChI=1S/C17H28FN3/c1-12-7-5-6-8-14(12)21-16-15(18)13(9-10-19-16)11-20-17(2,3)4/h9-10,12,14,20H,5-8,11H2,1-4H3,(H,19,21). The highest BCUT2D eigenvalue weighted by Crippen LogP contribution is 2.27. The predicted octanol–water partition coefficient (Wildman–Crippen LogP) is 4.10. The number of aromatic nitrogens is 1. The zero-order valence-corrected chi connectivity index (χ0v) is 13.7. The molecule has 1 heterocycles. The van der Waals surface area contributed by atoms with Crippen molar-refractivity contribution in [1.82, 2.24) is 10.3 Å². The Balaban J connectivity index is 2.06. The molecule has 0 amide bonds. The Morgan fingerprint density at radius 3 is 2.67 bits per heavy atom. The number of nitrogens with zero attached hydrogens (tertiary/aromatic N) is 1. The van der Waals surface area contributed by atoms with E-state index < -0.39 is 0 Å². The highest BCUT2D eigenvalue weighted by Gasteiger charge is 2.23. The molecule has 118 valence electrons. The van der Waals surface area contributed by atoms with Crippen molar-refractivity contribution >= 4 is 5.82 Å². The second-order valence-electron chi connectivity index (χ2n) is 7.25. The fourth-order valence-electron chi connectivity index (χ4n) is 2.79. The van der Waals surface area contributed by atoms with E-state index >= 15 is 0 Å². The lowest BCUT2D eigenvalue weighted by Crippen LogP contribution is -2.35. The molecule has 0 bridgehead atoms. The van der Waals surface area contributed by atoms with Gasteiger partial charge in [0.15, 0.2) is 11.6 Å². The molecule has 1 aliphatic rings. The maximum absolute atomic E-state index is 14.6. The summed E-state index contributed by atoms with van der Waals surface area (Å²) >= 11 is 0. The van der Waals surface area contributed by atoms with E-state index in [1.165, 1.54) is 19.3 Å². The molecule has 3 nitrogen and oxygen atoms in total. The van der Waals surface area contributed by atoms with Crippen molar-refractivity contribution in [2.24, 2.45) is 5.92 Å². The maximum atomic E-state index is 14.6. The van der Waals surface area contributed by atoms with Crippen LogP contribution in [0.2, 0.25) is 0 Å². The number of halogens is 1. The Bertz CT molecular complexity index is 468. The zero-order chi connectivity index (χ0) is 15.5. The zero-order valence-electron chi connectivity index (χ0n) is 13.7. The van der Waals surface area contributed by atoms with Crippen LogP contribution in [-0.2, 0) is 6.54 Å². The summed E-state index contributed by atoms with van der Waals surface area (Å²) in [6.45, 7) is 8.99. The maximum Gasteiger partial charge on any atom is 0.169 e. The molecule has 4 heteroatoms. The highest BCUT2D eigenvalue weighted by atomic mass is 19.1. The predicted molar refractivity (Wildman–Crippen MR) is 85.8 cm³/mol. The summed E-state index contributed by atoms with van der Waals surface area (Å²) in [6.07, 6.45) is 6.51. The fourth-order valence-corrected chi connectivity index (χ4v) is 2.79. The van der Waals surface area contributed by atoms with Crippen molar-refractivity contribution in [2.45, 2.75) is 71.5 Å². The summed E-state index contributed by atoms with van der Waals surface area (Å²) in [7, 11) is 0. The van der Waals surface area contributed by atoms with Gasteiger partial charge < -0.3 is 10.6 Å². The van der Waals surface area contributed by atoms with E-state index in [-0.39, 0.29) is 11.4 Å². The van der Waals surface area contributed by atoms with Gasteiger partial charge in [0, 0.05) is 29.9 Å². The monoisotopic (exact) mass is 293 g/mol. The van der Waals surface area contributed by atoms with E-state index in [0.717, 1.165) is 6.42 Å². The van der Waals surface area contributed by atoms with Crippen LogP contribution in [0.1, 0.15) is 58.9 Å². The van der Waals surface area contributed by atoms with Gasteiger partial charge in [-0.05, 0) is 45.6 Å². The minimum Gasteiger partial charge on any atom is -0.365 e. The van der Waals surface area contributed by atoms with E-state index in [2.05, 4.69) is 43.3 Å². The average molecular weight is 293 g/mol. The molecule has 0 spiro atoms. The number of anilines is 1. The molecule has 2 atom stereocenters. The molecule has 1 aromatic rings. The van der Waals surface area contributed by atoms with Crippen molar-refractivity contribution in [3.8, 4) is 0 Å². The van der Waals surface area contributed by atoms with Crippen molar-refractivity contribution in [2.75, 3.05) is 5.32 Å². The molecule has 0 saturated heterocycles. The molecule has 0 aliphatic heterocycles. The third-order valence-corrected chi connectivity index (χ3v) is 4.21. The van der Waals surface area contributed by atoms with Crippen molar-refractivity contribution in [1.29, 1.82) is 0 Å². The third-order valence-electron chi connectivity index (χ3n) is 4.21. The van der Waals surface area contributed by atoms with Crippen LogP contribution in [0.25, 0.3) is 0 Å². The minimum absolute atomic E-state index is 0.0266. The lowest BCUT2D eigenvalue weighted by molar-refractivity contribution is 0.347. The topological polar surface area (TPSA) is 37.0 Å². The Kier molecular flexibility index (Phi) is 5.20. The number of hydrogen-bond donors (Lipinski definition) is 2. The Labute approximate surface area is 127 Å². The van der Waals surface area contributed by atoms with Crippen LogP contribution >= 0.6 is 0 Å². The van der Waals surface area contributed by atoms with Crippen LogP contribution in [0.15, 0.2) is 12.3 Å². The van der Waals surface area contributed by atoms with Crippen molar-refractivity contribution in [3.05, 3.63) is 23.6 Å². The van der Waals surface area contributed by atoms with Gasteiger partial charge >= 0.3 is 0 Å². The molecule has 0 aromatic carbocycles. The van der Waals surface area contributed by atoms with E-state index in [0.29, 0.717) is 29.9 Å². The van der Waals surface area contributed by atoms with E-state index in [1.54, 1.807) is 12.3 Å². The molecule has 1 aromatic heterocycles. The number of nitrogens with one attached hydrogen (secondary N) is 2. The second-order valence-corrected chi connectivity index (χ2v) is 7.25. The molecule has 0 radical (unpaired) electrons. The number of pyridine rings is 1. The smallest absolute Gasteiger partial charge is 0.169 e. The van der Waals surface area contributed by atoms with Crippen molar-refractivity contribution < 1.29 is 4.39 Å². The van der Waals surface area contributed by atoms with Crippen LogP contribution in [0.5, 0.6) is 0 Å². The first-order valence-electron chi connectivity index (χ1n) is 8.02. The van der Waals surface area contributed by atoms with Gasteiger partial charge in [-0.2, -0.15) is 0 Å². The molecule has 1 saturated carbocycles. The number of hydrogen-bond acceptors (Lipinski definition) is 3. The Morgan fingerprint density at radius 1 is 1.29 bits per heavy atom. The molecular weight excluding hydrogens is 265 g/mol. The van der Waals surface area contributed by atoms with Crippen LogP contribution in [-0.4, -0.2) is 16.6 Å². The first-order chi connectivity index (χ1) is 9.87. The average Bonchev–Trinajstić information content (AvgIpc) is 2.41. The van der Waals surface area contributed by atoms with Gasteiger partial charge in [0.1, 0.15) is 0 Å². The van der Waals surface area contributed by atoms with Crippen LogP contribution in [0.4, 0.5) is 10.2 Å².